The summed E-state index contributed by atoms with van der Waals surface area (Å²) < 4.78 is 5.52. The van der Waals surface area contributed by atoms with Crippen LogP contribution in [-0.4, -0.2) is 17.0 Å². The molecular weight excluding hydrogens is 284 g/mol. The molecule has 0 atom stereocenters. The maximum absolute atomic E-state index is 11.8. The van der Waals surface area contributed by atoms with Gasteiger partial charge < -0.3 is 10.1 Å². The highest BCUT2D eigenvalue weighted by molar-refractivity contribution is 7.07. The molecule has 0 bridgehead atoms. The number of thiazole rings is 1. The third-order valence-corrected chi connectivity index (χ3v) is 3.10. The number of carbonyl (C=O) groups is 1. The van der Waals surface area contributed by atoms with Gasteiger partial charge in [0.1, 0.15) is 11.4 Å². The van der Waals surface area contributed by atoms with Crippen LogP contribution in [0.5, 0.6) is 5.75 Å². The van der Waals surface area contributed by atoms with Crippen LogP contribution in [-0.2, 0) is 0 Å². The van der Waals surface area contributed by atoms with E-state index in [9.17, 15) is 4.79 Å². The largest absolute Gasteiger partial charge is 0.489 e. The Bertz CT molecular complexity index is 570. The Kier molecular flexibility index (Phi) is 4.39. The number of halogens is 1. The Morgan fingerprint density at radius 2 is 2.26 bits per heavy atom. The lowest BCUT2D eigenvalue weighted by Gasteiger charge is -2.12. The fourth-order valence-corrected chi connectivity index (χ4v) is 2.21. The smallest absolute Gasteiger partial charge is 0.275 e. The first kappa shape index (κ1) is 13.8. The number of benzene rings is 1. The fraction of sp³-hybridized carbons (Fsp3) is 0.231. The van der Waals surface area contributed by atoms with E-state index in [0.717, 1.165) is 0 Å². The summed E-state index contributed by atoms with van der Waals surface area (Å²) in [6, 6.07) is 5.14. The summed E-state index contributed by atoms with van der Waals surface area (Å²) in [5.41, 5.74) is 2.62. The van der Waals surface area contributed by atoms with Crippen molar-refractivity contribution in [1.29, 1.82) is 0 Å². The van der Waals surface area contributed by atoms with E-state index in [-0.39, 0.29) is 12.0 Å². The van der Waals surface area contributed by atoms with Crippen molar-refractivity contribution in [3.05, 3.63) is 39.8 Å². The molecule has 0 saturated carbocycles. The monoisotopic (exact) mass is 296 g/mol. The van der Waals surface area contributed by atoms with Crippen molar-refractivity contribution in [3.8, 4) is 5.75 Å². The van der Waals surface area contributed by atoms with E-state index in [4.69, 9.17) is 16.3 Å². The Morgan fingerprint density at radius 3 is 2.84 bits per heavy atom. The van der Waals surface area contributed by atoms with Crippen molar-refractivity contribution < 1.29 is 9.53 Å². The van der Waals surface area contributed by atoms with E-state index < -0.39 is 0 Å². The van der Waals surface area contributed by atoms with Gasteiger partial charge in [-0.15, -0.1) is 11.3 Å². The molecule has 2 aromatic rings. The minimum absolute atomic E-state index is 0.0490. The first-order chi connectivity index (χ1) is 9.06. The van der Waals surface area contributed by atoms with Crippen LogP contribution in [0.3, 0.4) is 0 Å². The average molecular weight is 297 g/mol. The lowest BCUT2D eigenvalue weighted by molar-refractivity contribution is 0.102. The quantitative estimate of drug-likeness (QED) is 0.932. The van der Waals surface area contributed by atoms with E-state index in [1.54, 1.807) is 29.1 Å². The zero-order valence-electron chi connectivity index (χ0n) is 10.5. The predicted molar refractivity (Wildman–Crippen MR) is 77.3 cm³/mol. The lowest BCUT2D eigenvalue weighted by Crippen LogP contribution is -2.12. The predicted octanol–water partition coefficient (Wildman–Crippen LogP) is 3.84. The number of carbonyl (C=O) groups excluding carboxylic acids is 1. The van der Waals surface area contributed by atoms with Gasteiger partial charge in [-0.2, -0.15) is 0 Å². The number of anilines is 1. The minimum atomic E-state index is -0.255. The molecule has 0 unspecified atom stereocenters. The molecule has 0 fully saturated rings. The molecular formula is C13H13ClN2O2S. The van der Waals surface area contributed by atoms with Gasteiger partial charge in [-0.05, 0) is 32.0 Å². The topological polar surface area (TPSA) is 51.2 Å². The normalized spacial score (nSPS) is 10.5. The zero-order chi connectivity index (χ0) is 13.8. The van der Waals surface area contributed by atoms with Gasteiger partial charge in [0, 0.05) is 11.1 Å². The highest BCUT2D eigenvalue weighted by Gasteiger charge is 2.10. The Labute approximate surface area is 120 Å². The van der Waals surface area contributed by atoms with Crippen LogP contribution < -0.4 is 10.1 Å². The van der Waals surface area contributed by atoms with Gasteiger partial charge in [-0.3, -0.25) is 4.79 Å². The molecule has 0 aliphatic carbocycles. The summed E-state index contributed by atoms with van der Waals surface area (Å²) in [4.78, 5) is 15.7. The first-order valence-corrected chi connectivity index (χ1v) is 7.04. The molecule has 1 N–H and O–H groups in total. The number of nitrogens with zero attached hydrogens (tertiary/aromatic N) is 1. The van der Waals surface area contributed by atoms with Gasteiger partial charge in [-0.25, -0.2) is 4.98 Å². The number of hydrogen-bond acceptors (Lipinski definition) is 4. The van der Waals surface area contributed by atoms with E-state index in [1.165, 1.54) is 11.3 Å². The summed E-state index contributed by atoms with van der Waals surface area (Å²) in [5.74, 6) is 0.346. The number of aromatic nitrogens is 1. The van der Waals surface area contributed by atoms with Gasteiger partial charge in [0.2, 0.25) is 0 Å². The second-order valence-electron chi connectivity index (χ2n) is 4.14. The lowest BCUT2D eigenvalue weighted by atomic mass is 10.3. The number of nitrogens with one attached hydrogen (secondary N) is 1. The van der Waals surface area contributed by atoms with Crippen molar-refractivity contribution in [2.75, 3.05) is 5.32 Å². The highest BCUT2D eigenvalue weighted by atomic mass is 35.5. The van der Waals surface area contributed by atoms with Crippen LogP contribution in [0.25, 0.3) is 0 Å². The summed E-state index contributed by atoms with van der Waals surface area (Å²) in [6.45, 7) is 3.85. The number of amides is 1. The highest BCUT2D eigenvalue weighted by Crippen LogP contribution is 2.28. The van der Waals surface area contributed by atoms with Gasteiger partial charge in [0.05, 0.1) is 16.6 Å². The van der Waals surface area contributed by atoms with Crippen molar-refractivity contribution in [3.63, 3.8) is 0 Å². The summed E-state index contributed by atoms with van der Waals surface area (Å²) in [7, 11) is 0. The molecule has 0 saturated heterocycles. The molecule has 0 radical (unpaired) electrons. The molecule has 0 spiro atoms. The van der Waals surface area contributed by atoms with E-state index in [2.05, 4.69) is 10.3 Å². The van der Waals surface area contributed by atoms with E-state index >= 15 is 0 Å². The summed E-state index contributed by atoms with van der Waals surface area (Å²) in [5, 5.41) is 4.88. The first-order valence-electron chi connectivity index (χ1n) is 5.72. The Morgan fingerprint density at radius 1 is 1.47 bits per heavy atom. The molecule has 2 rings (SSSR count). The minimum Gasteiger partial charge on any atom is -0.489 e. The maximum Gasteiger partial charge on any atom is 0.275 e. The van der Waals surface area contributed by atoms with Crippen molar-refractivity contribution in [1.82, 2.24) is 4.98 Å². The molecule has 1 aromatic carbocycles. The van der Waals surface area contributed by atoms with Crippen LogP contribution in [0.2, 0.25) is 5.02 Å². The van der Waals surface area contributed by atoms with Crippen LogP contribution in [0, 0.1) is 0 Å². The summed E-state index contributed by atoms with van der Waals surface area (Å²) >= 11 is 7.46. The van der Waals surface area contributed by atoms with Crippen molar-refractivity contribution >= 4 is 34.5 Å². The van der Waals surface area contributed by atoms with Gasteiger partial charge in [-0.1, -0.05) is 11.6 Å². The van der Waals surface area contributed by atoms with Gasteiger partial charge in [0.15, 0.2) is 0 Å². The van der Waals surface area contributed by atoms with E-state index in [1.807, 2.05) is 13.8 Å². The SMILES string of the molecule is CC(C)Oc1ccc(NC(=O)c2cscn2)cc1Cl. The van der Waals surface area contributed by atoms with Crippen LogP contribution in [0.1, 0.15) is 24.3 Å². The molecule has 0 aliphatic heterocycles. The van der Waals surface area contributed by atoms with Crippen molar-refractivity contribution in [2.45, 2.75) is 20.0 Å². The Balaban J connectivity index is 2.10. The molecule has 19 heavy (non-hydrogen) atoms. The third-order valence-electron chi connectivity index (χ3n) is 2.22. The third kappa shape index (κ3) is 3.68. The van der Waals surface area contributed by atoms with Gasteiger partial charge >= 0.3 is 0 Å². The van der Waals surface area contributed by atoms with Crippen LogP contribution >= 0.6 is 22.9 Å². The standard InChI is InChI=1S/C13H13ClN2O2S/c1-8(2)18-12-4-3-9(5-10(12)14)16-13(17)11-6-19-7-15-11/h3-8H,1-2H3,(H,16,17). The second kappa shape index (κ2) is 6.04. The Hall–Kier alpha value is -1.59. The molecule has 1 heterocycles. The molecule has 6 heteroatoms. The second-order valence-corrected chi connectivity index (χ2v) is 5.27. The van der Waals surface area contributed by atoms with Gasteiger partial charge in [0.25, 0.3) is 5.91 Å². The fourth-order valence-electron chi connectivity index (χ4n) is 1.45. The van der Waals surface area contributed by atoms with Crippen LogP contribution in [0.15, 0.2) is 29.1 Å². The zero-order valence-corrected chi connectivity index (χ0v) is 12.1. The van der Waals surface area contributed by atoms with E-state index in [0.29, 0.717) is 22.2 Å². The molecule has 1 amide bonds. The molecule has 1 aromatic heterocycles. The molecule has 0 aliphatic rings. The summed E-state index contributed by atoms with van der Waals surface area (Å²) in [6.07, 6.45) is 0.0490. The number of hydrogen-bond donors (Lipinski definition) is 1. The van der Waals surface area contributed by atoms with Crippen LogP contribution in [0.4, 0.5) is 5.69 Å². The van der Waals surface area contributed by atoms with Crippen molar-refractivity contribution in [2.24, 2.45) is 0 Å². The number of ether oxygens (including phenoxy) is 1. The number of rotatable bonds is 4. The molecule has 4 nitrogen and oxygen atoms in total. The average Bonchev–Trinajstić information content (AvgIpc) is 2.86. The molecule has 100 valence electrons. The maximum atomic E-state index is 11.8.